The number of nitrogens with one attached hydrogen (secondary N) is 1. The lowest BCUT2D eigenvalue weighted by molar-refractivity contribution is 0.0823. The van der Waals surface area contributed by atoms with Gasteiger partial charge in [-0.3, -0.25) is 0 Å². The van der Waals surface area contributed by atoms with E-state index < -0.39 is 0 Å². The molecule has 1 saturated heterocycles. The van der Waals surface area contributed by atoms with Gasteiger partial charge in [0.15, 0.2) is 0 Å². The van der Waals surface area contributed by atoms with Gasteiger partial charge in [-0.2, -0.15) is 0 Å². The van der Waals surface area contributed by atoms with Gasteiger partial charge in [0.05, 0.1) is 12.2 Å². The summed E-state index contributed by atoms with van der Waals surface area (Å²) < 4.78 is 5.92. The molecule has 2 fully saturated rings. The fourth-order valence-corrected chi connectivity index (χ4v) is 3.21. The van der Waals surface area contributed by atoms with Gasteiger partial charge < -0.3 is 10.1 Å². The second-order valence-corrected chi connectivity index (χ2v) is 5.67. The van der Waals surface area contributed by atoms with Crippen molar-refractivity contribution in [2.45, 2.75) is 64.1 Å². The Morgan fingerprint density at radius 2 is 1.94 bits per heavy atom. The third-order valence-electron chi connectivity index (χ3n) is 4.18. The highest BCUT2D eigenvalue weighted by Gasteiger charge is 2.23. The first-order valence-corrected chi connectivity index (χ1v) is 7.30. The number of hydrogen-bond acceptors (Lipinski definition) is 2. The van der Waals surface area contributed by atoms with Crippen molar-refractivity contribution < 1.29 is 4.74 Å². The predicted octanol–water partition coefficient (Wildman–Crippen LogP) is 3.28. The van der Waals surface area contributed by atoms with Crippen LogP contribution in [-0.2, 0) is 4.74 Å². The Morgan fingerprint density at radius 3 is 2.53 bits per heavy atom. The summed E-state index contributed by atoms with van der Waals surface area (Å²) in [6.45, 7) is 3.23. The van der Waals surface area contributed by atoms with E-state index in [1.165, 1.54) is 44.9 Å². The maximum absolute atomic E-state index is 5.92. The van der Waals surface area contributed by atoms with E-state index in [0.717, 1.165) is 12.5 Å². The molecule has 0 radical (unpaired) electrons. The first-order valence-electron chi connectivity index (χ1n) is 7.30. The van der Waals surface area contributed by atoms with Gasteiger partial charge in [0.1, 0.15) is 0 Å². The largest absolute Gasteiger partial charge is 0.371 e. The normalized spacial score (nSPS) is 32.0. The van der Waals surface area contributed by atoms with Crippen LogP contribution >= 0.6 is 0 Å². The molecule has 0 aromatic rings. The second-order valence-electron chi connectivity index (χ2n) is 5.67. The van der Waals surface area contributed by atoms with Crippen molar-refractivity contribution in [3.05, 3.63) is 11.6 Å². The topological polar surface area (TPSA) is 21.3 Å². The molecule has 0 bridgehead atoms. The molecule has 2 rings (SSSR count). The van der Waals surface area contributed by atoms with Gasteiger partial charge in [-0.1, -0.05) is 30.9 Å². The smallest absolute Gasteiger partial charge is 0.0763 e. The molecule has 0 aromatic heterocycles. The van der Waals surface area contributed by atoms with E-state index in [-0.39, 0.29) is 0 Å². The van der Waals surface area contributed by atoms with Crippen molar-refractivity contribution in [1.29, 1.82) is 0 Å². The molecular weight excluding hydrogens is 210 g/mol. The highest BCUT2D eigenvalue weighted by molar-refractivity contribution is 5.13. The highest BCUT2D eigenvalue weighted by Crippen LogP contribution is 2.31. The molecule has 0 aromatic carbocycles. The molecule has 1 N–H and O–H groups in total. The SMILES string of the molecule is CNC/C(=C\C1CCC(C)O1)C1CCCCC1. The van der Waals surface area contributed by atoms with Crippen LogP contribution in [0.2, 0.25) is 0 Å². The Balaban J connectivity index is 1.97. The Labute approximate surface area is 106 Å². The number of rotatable bonds is 4. The molecule has 2 nitrogen and oxygen atoms in total. The maximum Gasteiger partial charge on any atom is 0.0763 e. The Morgan fingerprint density at radius 1 is 1.18 bits per heavy atom. The zero-order chi connectivity index (χ0) is 12.1. The van der Waals surface area contributed by atoms with Gasteiger partial charge in [-0.25, -0.2) is 0 Å². The minimum Gasteiger partial charge on any atom is -0.371 e. The van der Waals surface area contributed by atoms with Crippen molar-refractivity contribution in [3.63, 3.8) is 0 Å². The molecule has 2 aliphatic rings. The van der Waals surface area contributed by atoms with E-state index in [0.29, 0.717) is 12.2 Å². The Kier molecular flexibility index (Phi) is 5.05. The quantitative estimate of drug-likeness (QED) is 0.758. The zero-order valence-corrected chi connectivity index (χ0v) is 11.4. The zero-order valence-electron chi connectivity index (χ0n) is 11.4. The van der Waals surface area contributed by atoms with Gasteiger partial charge in [0, 0.05) is 6.54 Å². The van der Waals surface area contributed by atoms with E-state index in [1.54, 1.807) is 5.57 Å². The molecule has 1 heterocycles. The minimum absolute atomic E-state index is 0.385. The molecule has 17 heavy (non-hydrogen) atoms. The molecular formula is C15H27NO. The van der Waals surface area contributed by atoms with Gasteiger partial charge in [-0.05, 0) is 45.6 Å². The number of hydrogen-bond donors (Lipinski definition) is 1. The highest BCUT2D eigenvalue weighted by atomic mass is 16.5. The van der Waals surface area contributed by atoms with Crippen LogP contribution in [0.15, 0.2) is 11.6 Å². The van der Waals surface area contributed by atoms with Crippen LogP contribution in [-0.4, -0.2) is 25.8 Å². The fourth-order valence-electron chi connectivity index (χ4n) is 3.21. The van der Waals surface area contributed by atoms with E-state index >= 15 is 0 Å². The van der Waals surface area contributed by atoms with Gasteiger partial charge >= 0.3 is 0 Å². The molecule has 1 saturated carbocycles. The van der Waals surface area contributed by atoms with Crippen LogP contribution in [0.25, 0.3) is 0 Å². The fraction of sp³-hybridized carbons (Fsp3) is 0.867. The Hall–Kier alpha value is -0.340. The summed E-state index contributed by atoms with van der Waals surface area (Å²) in [5.74, 6) is 0.815. The molecule has 2 heteroatoms. The minimum atomic E-state index is 0.385. The van der Waals surface area contributed by atoms with Crippen molar-refractivity contribution in [3.8, 4) is 0 Å². The molecule has 2 unspecified atom stereocenters. The molecule has 1 aliphatic carbocycles. The van der Waals surface area contributed by atoms with Crippen molar-refractivity contribution in [1.82, 2.24) is 5.32 Å². The first kappa shape index (κ1) is 13.1. The molecule has 98 valence electrons. The van der Waals surface area contributed by atoms with Crippen LogP contribution in [0.1, 0.15) is 51.9 Å². The van der Waals surface area contributed by atoms with E-state index in [9.17, 15) is 0 Å². The first-order chi connectivity index (χ1) is 8.29. The summed E-state index contributed by atoms with van der Waals surface area (Å²) in [5, 5.41) is 3.33. The summed E-state index contributed by atoms with van der Waals surface area (Å²) in [7, 11) is 2.05. The predicted molar refractivity (Wildman–Crippen MR) is 72.2 cm³/mol. The Bertz CT molecular complexity index is 256. The number of ether oxygens (including phenoxy) is 1. The lowest BCUT2D eigenvalue weighted by atomic mass is 9.83. The van der Waals surface area contributed by atoms with Gasteiger partial charge in [-0.15, -0.1) is 0 Å². The van der Waals surface area contributed by atoms with Crippen molar-refractivity contribution >= 4 is 0 Å². The number of likely N-dealkylation sites (N-methyl/N-ethyl adjacent to an activating group) is 1. The lowest BCUT2D eigenvalue weighted by Crippen LogP contribution is -2.21. The summed E-state index contributed by atoms with van der Waals surface area (Å²) >= 11 is 0. The average Bonchev–Trinajstić information content (AvgIpc) is 2.75. The summed E-state index contributed by atoms with van der Waals surface area (Å²) in [6, 6.07) is 0. The van der Waals surface area contributed by atoms with Crippen molar-refractivity contribution in [2.24, 2.45) is 5.92 Å². The van der Waals surface area contributed by atoms with Crippen LogP contribution < -0.4 is 5.32 Å². The monoisotopic (exact) mass is 237 g/mol. The van der Waals surface area contributed by atoms with Crippen molar-refractivity contribution in [2.75, 3.05) is 13.6 Å². The third-order valence-corrected chi connectivity index (χ3v) is 4.18. The van der Waals surface area contributed by atoms with E-state index in [2.05, 4.69) is 25.4 Å². The molecule has 0 spiro atoms. The standard InChI is InChI=1S/C15H27NO/c1-12-8-9-15(17-12)10-14(11-16-2)13-6-4-3-5-7-13/h10,12-13,15-16H,3-9,11H2,1-2H3/b14-10+. The van der Waals surface area contributed by atoms with Crippen LogP contribution in [0.4, 0.5) is 0 Å². The van der Waals surface area contributed by atoms with Gasteiger partial charge in [0.2, 0.25) is 0 Å². The lowest BCUT2D eigenvalue weighted by Gasteiger charge is -2.25. The van der Waals surface area contributed by atoms with Crippen LogP contribution in [0, 0.1) is 5.92 Å². The van der Waals surface area contributed by atoms with E-state index in [1.807, 2.05) is 0 Å². The molecule has 0 amide bonds. The molecule has 2 atom stereocenters. The van der Waals surface area contributed by atoms with Gasteiger partial charge in [0.25, 0.3) is 0 Å². The van der Waals surface area contributed by atoms with Crippen LogP contribution in [0.5, 0.6) is 0 Å². The second kappa shape index (κ2) is 6.55. The average molecular weight is 237 g/mol. The molecule has 1 aliphatic heterocycles. The maximum atomic E-state index is 5.92. The summed E-state index contributed by atoms with van der Waals surface area (Å²) in [5.41, 5.74) is 1.60. The van der Waals surface area contributed by atoms with Crippen LogP contribution in [0.3, 0.4) is 0 Å². The third kappa shape index (κ3) is 3.82. The summed E-state index contributed by atoms with van der Waals surface area (Å²) in [4.78, 5) is 0. The van der Waals surface area contributed by atoms with E-state index in [4.69, 9.17) is 4.74 Å². The summed E-state index contributed by atoms with van der Waals surface area (Å²) in [6.07, 6.45) is 12.7.